The summed E-state index contributed by atoms with van der Waals surface area (Å²) < 4.78 is 0. The zero-order valence-corrected chi connectivity index (χ0v) is 7.44. The Morgan fingerprint density at radius 1 is 1.55 bits per heavy atom. The van der Waals surface area contributed by atoms with E-state index in [1.165, 1.54) is 0 Å². The molecule has 0 aromatic carbocycles. The van der Waals surface area contributed by atoms with Crippen LogP contribution in [0.15, 0.2) is 11.5 Å². The average molecular weight is 172 g/mol. The van der Waals surface area contributed by atoms with Crippen molar-refractivity contribution in [1.82, 2.24) is 10.6 Å². The first-order valence-corrected chi connectivity index (χ1v) is 4.45. The van der Waals surface area contributed by atoms with Gasteiger partial charge < -0.3 is 10.6 Å². The van der Waals surface area contributed by atoms with Gasteiger partial charge in [0.1, 0.15) is 0 Å². The lowest BCUT2D eigenvalue weighted by Gasteiger charge is -2.15. The summed E-state index contributed by atoms with van der Waals surface area (Å²) in [5, 5.41) is 7.86. The summed E-state index contributed by atoms with van der Waals surface area (Å²) in [6.07, 6.45) is 1.92. The van der Waals surface area contributed by atoms with Crippen molar-refractivity contribution >= 4 is 17.7 Å². The van der Waals surface area contributed by atoms with Crippen LogP contribution < -0.4 is 10.6 Å². The highest BCUT2D eigenvalue weighted by Crippen LogP contribution is 2.27. The Labute approximate surface area is 70.6 Å². The Balaban J connectivity index is 2.55. The van der Waals surface area contributed by atoms with Crippen molar-refractivity contribution in [3.05, 3.63) is 11.5 Å². The van der Waals surface area contributed by atoms with E-state index in [-0.39, 0.29) is 17.2 Å². The standard InChI is InChI=1S/C7H12N2OS/c1-8-6(10)5-3-4-11-7(5)9-2/h3-5,7,9H,1-2H3,(H,8,10). The Hall–Kier alpha value is -0.480. The van der Waals surface area contributed by atoms with Crippen LogP contribution >= 0.6 is 11.8 Å². The zero-order chi connectivity index (χ0) is 8.27. The number of nitrogens with one attached hydrogen (secondary N) is 2. The lowest BCUT2D eigenvalue weighted by Crippen LogP contribution is -2.37. The fraction of sp³-hybridized carbons (Fsp3) is 0.571. The molecule has 0 fully saturated rings. The molecule has 1 aliphatic rings. The monoisotopic (exact) mass is 172 g/mol. The second-order valence-corrected chi connectivity index (χ2v) is 3.37. The third kappa shape index (κ3) is 1.75. The molecular formula is C7H12N2OS. The molecule has 0 aromatic heterocycles. The summed E-state index contributed by atoms with van der Waals surface area (Å²) in [5.41, 5.74) is 0. The van der Waals surface area contributed by atoms with Crippen molar-refractivity contribution in [2.24, 2.45) is 5.92 Å². The quantitative estimate of drug-likeness (QED) is 0.623. The minimum atomic E-state index is -0.0185. The van der Waals surface area contributed by atoms with Gasteiger partial charge in [-0.05, 0) is 12.5 Å². The molecule has 4 heteroatoms. The van der Waals surface area contributed by atoms with Crippen molar-refractivity contribution in [3.63, 3.8) is 0 Å². The van der Waals surface area contributed by atoms with Gasteiger partial charge >= 0.3 is 0 Å². The SMILES string of the molecule is CNC(=O)C1C=CSC1NC. The predicted octanol–water partition coefficient (Wildman–Crippen LogP) is 0.155. The van der Waals surface area contributed by atoms with Gasteiger partial charge in [0.2, 0.25) is 5.91 Å². The number of amides is 1. The van der Waals surface area contributed by atoms with Crippen LogP contribution in [0.25, 0.3) is 0 Å². The number of hydrogen-bond acceptors (Lipinski definition) is 3. The molecule has 0 aliphatic carbocycles. The van der Waals surface area contributed by atoms with E-state index >= 15 is 0 Å². The summed E-state index contributed by atoms with van der Waals surface area (Å²) in [6.45, 7) is 0. The molecule has 1 heterocycles. The fourth-order valence-electron chi connectivity index (χ4n) is 1.04. The van der Waals surface area contributed by atoms with Crippen molar-refractivity contribution in [1.29, 1.82) is 0 Å². The Morgan fingerprint density at radius 2 is 2.27 bits per heavy atom. The molecule has 11 heavy (non-hydrogen) atoms. The summed E-state index contributed by atoms with van der Waals surface area (Å²) >= 11 is 1.64. The lowest BCUT2D eigenvalue weighted by atomic mass is 10.1. The van der Waals surface area contributed by atoms with Gasteiger partial charge in [0, 0.05) is 7.05 Å². The Kier molecular flexibility index (Phi) is 2.96. The second-order valence-electron chi connectivity index (χ2n) is 2.31. The van der Waals surface area contributed by atoms with E-state index in [0.29, 0.717) is 0 Å². The van der Waals surface area contributed by atoms with Crippen LogP contribution in [0.5, 0.6) is 0 Å². The third-order valence-corrected chi connectivity index (χ3v) is 2.81. The molecule has 0 aromatic rings. The molecule has 0 spiro atoms. The van der Waals surface area contributed by atoms with Crippen LogP contribution in [0.2, 0.25) is 0 Å². The molecule has 2 atom stereocenters. The largest absolute Gasteiger partial charge is 0.359 e. The number of carbonyl (C=O) groups is 1. The van der Waals surface area contributed by atoms with Crippen LogP contribution in [0.1, 0.15) is 0 Å². The van der Waals surface area contributed by atoms with E-state index in [4.69, 9.17) is 0 Å². The molecule has 0 bridgehead atoms. The molecule has 1 amide bonds. The normalized spacial score (nSPS) is 28.9. The highest BCUT2D eigenvalue weighted by Gasteiger charge is 2.27. The summed E-state index contributed by atoms with van der Waals surface area (Å²) in [6, 6.07) is 0. The summed E-state index contributed by atoms with van der Waals surface area (Å²) in [4.78, 5) is 11.2. The van der Waals surface area contributed by atoms with Crippen molar-refractivity contribution < 1.29 is 4.79 Å². The number of hydrogen-bond donors (Lipinski definition) is 2. The van der Waals surface area contributed by atoms with Crippen LogP contribution in [0, 0.1) is 5.92 Å². The third-order valence-electron chi connectivity index (χ3n) is 1.67. The molecule has 0 saturated heterocycles. The highest BCUT2D eigenvalue weighted by atomic mass is 32.2. The van der Waals surface area contributed by atoms with E-state index in [9.17, 15) is 4.79 Å². The van der Waals surface area contributed by atoms with Gasteiger partial charge in [0.15, 0.2) is 0 Å². The molecule has 1 rings (SSSR count). The van der Waals surface area contributed by atoms with Crippen LogP contribution in [0.3, 0.4) is 0 Å². The van der Waals surface area contributed by atoms with Gasteiger partial charge in [-0.3, -0.25) is 4.79 Å². The minimum Gasteiger partial charge on any atom is -0.359 e. The zero-order valence-electron chi connectivity index (χ0n) is 6.63. The van der Waals surface area contributed by atoms with Crippen LogP contribution in [-0.2, 0) is 4.79 Å². The molecular weight excluding hydrogens is 160 g/mol. The lowest BCUT2D eigenvalue weighted by molar-refractivity contribution is -0.123. The minimum absolute atomic E-state index is 0.0185. The molecule has 1 aliphatic heterocycles. The molecule has 3 nitrogen and oxygen atoms in total. The number of thioether (sulfide) groups is 1. The maximum atomic E-state index is 11.2. The van der Waals surface area contributed by atoms with Crippen molar-refractivity contribution in [2.45, 2.75) is 5.37 Å². The topological polar surface area (TPSA) is 41.1 Å². The fourth-order valence-corrected chi connectivity index (χ4v) is 1.99. The van der Waals surface area contributed by atoms with Crippen LogP contribution in [-0.4, -0.2) is 25.4 Å². The van der Waals surface area contributed by atoms with Gasteiger partial charge in [-0.1, -0.05) is 6.08 Å². The first-order chi connectivity index (χ1) is 5.29. The summed E-state index contributed by atoms with van der Waals surface area (Å²) in [7, 11) is 3.52. The molecule has 0 radical (unpaired) electrons. The average Bonchev–Trinajstić information content (AvgIpc) is 2.50. The maximum Gasteiger partial charge on any atom is 0.229 e. The highest BCUT2D eigenvalue weighted by molar-refractivity contribution is 8.03. The molecule has 2 N–H and O–H groups in total. The molecule has 2 unspecified atom stereocenters. The van der Waals surface area contributed by atoms with Gasteiger partial charge in [-0.25, -0.2) is 0 Å². The predicted molar refractivity (Wildman–Crippen MR) is 47.1 cm³/mol. The summed E-state index contributed by atoms with van der Waals surface area (Å²) in [5.74, 6) is 0.0561. The first-order valence-electron chi connectivity index (χ1n) is 3.50. The molecule has 62 valence electrons. The molecule has 0 saturated carbocycles. The second kappa shape index (κ2) is 3.78. The van der Waals surface area contributed by atoms with Crippen molar-refractivity contribution in [3.8, 4) is 0 Å². The van der Waals surface area contributed by atoms with Gasteiger partial charge in [0.25, 0.3) is 0 Å². The van der Waals surface area contributed by atoms with Crippen LogP contribution in [0.4, 0.5) is 0 Å². The van der Waals surface area contributed by atoms with Gasteiger partial charge in [-0.15, -0.1) is 11.8 Å². The van der Waals surface area contributed by atoms with E-state index in [1.54, 1.807) is 18.8 Å². The maximum absolute atomic E-state index is 11.2. The Bertz CT molecular complexity index is 181. The van der Waals surface area contributed by atoms with E-state index < -0.39 is 0 Å². The first kappa shape index (κ1) is 8.62. The van der Waals surface area contributed by atoms with Crippen molar-refractivity contribution in [2.75, 3.05) is 14.1 Å². The smallest absolute Gasteiger partial charge is 0.229 e. The van der Waals surface area contributed by atoms with E-state index in [1.807, 2.05) is 18.5 Å². The van der Waals surface area contributed by atoms with E-state index in [2.05, 4.69) is 10.6 Å². The number of carbonyl (C=O) groups excluding carboxylic acids is 1. The van der Waals surface area contributed by atoms with Gasteiger partial charge in [0.05, 0.1) is 11.3 Å². The number of rotatable bonds is 2. The van der Waals surface area contributed by atoms with Gasteiger partial charge in [-0.2, -0.15) is 0 Å². The van der Waals surface area contributed by atoms with E-state index in [0.717, 1.165) is 0 Å². The Morgan fingerprint density at radius 3 is 2.82 bits per heavy atom.